The predicted molar refractivity (Wildman–Crippen MR) is 90.2 cm³/mol. The lowest BCUT2D eigenvalue weighted by Crippen LogP contribution is -2.54. The summed E-state index contributed by atoms with van der Waals surface area (Å²) in [6, 6.07) is -4.39. The third-order valence-corrected chi connectivity index (χ3v) is 3.28. The smallest absolute Gasteiger partial charge is 0.326 e. The number of carbonyl (C=O) groups excluding carboxylic acids is 4. The van der Waals surface area contributed by atoms with Crippen LogP contribution in [0.4, 0.5) is 0 Å². The van der Waals surface area contributed by atoms with E-state index in [0.717, 1.165) is 0 Å². The molecular weight excluding hydrogens is 382 g/mol. The molecule has 0 saturated carbocycles. The van der Waals surface area contributed by atoms with E-state index in [2.05, 4.69) is 5.32 Å². The second kappa shape index (κ2) is 12.2. The van der Waals surface area contributed by atoms with Crippen molar-refractivity contribution < 1.29 is 44.1 Å². The molecule has 0 saturated heterocycles. The number of primary amides is 1. The van der Waals surface area contributed by atoms with Crippen LogP contribution in [0.5, 0.6) is 0 Å². The van der Waals surface area contributed by atoms with Crippen LogP contribution in [0.15, 0.2) is 0 Å². The zero-order valence-electron chi connectivity index (χ0n) is 14.7. The van der Waals surface area contributed by atoms with Crippen molar-refractivity contribution in [3.8, 4) is 0 Å². The average molecular weight is 405 g/mol. The first-order chi connectivity index (χ1) is 13.0. The van der Waals surface area contributed by atoms with Gasteiger partial charge < -0.3 is 42.7 Å². The molecule has 0 heterocycles. The Morgan fingerprint density at radius 3 is 2.00 bits per heavy atom. The molecule has 14 heteroatoms. The first kappa shape index (κ1) is 24.7. The molecule has 0 aromatic carbocycles. The summed E-state index contributed by atoms with van der Waals surface area (Å²) >= 11 is 0. The lowest BCUT2D eigenvalue weighted by molar-refractivity contribution is -0.143. The van der Waals surface area contributed by atoms with Crippen LogP contribution in [0.3, 0.4) is 0 Å². The van der Waals surface area contributed by atoms with Gasteiger partial charge in [0, 0.05) is 6.42 Å². The molecule has 0 fully saturated rings. The Morgan fingerprint density at radius 1 is 0.929 bits per heavy atom. The topological polar surface area (TPSA) is 251 Å². The molecule has 3 atom stereocenters. The molecule has 0 bridgehead atoms. The van der Waals surface area contributed by atoms with Gasteiger partial charge in [-0.15, -0.1) is 0 Å². The monoisotopic (exact) mass is 405 g/mol. The highest BCUT2D eigenvalue weighted by atomic mass is 16.4. The van der Waals surface area contributed by atoms with Crippen LogP contribution in [-0.4, -0.2) is 82.2 Å². The first-order valence-electron chi connectivity index (χ1n) is 7.94. The number of carboxylic acids is 2. The molecule has 0 aliphatic rings. The molecule has 28 heavy (non-hydrogen) atoms. The number of aliphatic hydroxyl groups is 1. The molecule has 3 unspecified atom stereocenters. The van der Waals surface area contributed by atoms with Gasteiger partial charge in [0.15, 0.2) is 0 Å². The molecule has 0 aromatic heterocycles. The van der Waals surface area contributed by atoms with Crippen molar-refractivity contribution in [1.82, 2.24) is 16.0 Å². The van der Waals surface area contributed by atoms with E-state index in [9.17, 15) is 28.8 Å². The molecule has 0 aliphatic carbocycles. The van der Waals surface area contributed by atoms with Gasteiger partial charge in [0.25, 0.3) is 0 Å². The van der Waals surface area contributed by atoms with Crippen LogP contribution in [0, 0.1) is 0 Å². The zero-order valence-corrected chi connectivity index (χ0v) is 14.7. The van der Waals surface area contributed by atoms with Gasteiger partial charge >= 0.3 is 11.9 Å². The van der Waals surface area contributed by atoms with Crippen LogP contribution >= 0.6 is 0 Å². The fourth-order valence-electron chi connectivity index (χ4n) is 1.83. The van der Waals surface area contributed by atoms with Gasteiger partial charge in [-0.05, 0) is 6.42 Å². The average Bonchev–Trinajstić information content (AvgIpc) is 2.60. The lowest BCUT2D eigenvalue weighted by Gasteiger charge is -2.19. The molecule has 14 nitrogen and oxygen atoms in total. The van der Waals surface area contributed by atoms with Crippen LogP contribution in [0.2, 0.25) is 0 Å². The highest BCUT2D eigenvalue weighted by Gasteiger charge is 2.27. The van der Waals surface area contributed by atoms with E-state index < -0.39 is 73.3 Å². The summed E-state index contributed by atoms with van der Waals surface area (Å²) in [5.74, 6) is -6.57. The second-order valence-corrected chi connectivity index (χ2v) is 5.63. The van der Waals surface area contributed by atoms with E-state index in [0.29, 0.717) is 0 Å². The fourth-order valence-corrected chi connectivity index (χ4v) is 1.83. The van der Waals surface area contributed by atoms with Gasteiger partial charge in [-0.2, -0.15) is 0 Å². The van der Waals surface area contributed by atoms with E-state index in [1.165, 1.54) is 0 Å². The van der Waals surface area contributed by atoms with Gasteiger partial charge in [-0.25, -0.2) is 4.79 Å². The van der Waals surface area contributed by atoms with E-state index in [1.807, 2.05) is 10.6 Å². The van der Waals surface area contributed by atoms with Gasteiger partial charge in [0.1, 0.15) is 18.1 Å². The van der Waals surface area contributed by atoms with Crippen molar-refractivity contribution >= 4 is 35.6 Å². The molecule has 0 spiro atoms. The van der Waals surface area contributed by atoms with Crippen LogP contribution in [0.25, 0.3) is 0 Å². The SMILES string of the molecule is NC(=O)CCC(NC(=O)CNC(=O)C(CC(=O)O)NC(=O)C(N)CO)C(=O)O. The zero-order chi connectivity index (χ0) is 21.9. The van der Waals surface area contributed by atoms with E-state index >= 15 is 0 Å². The number of hydrogen-bond acceptors (Lipinski definition) is 8. The third-order valence-electron chi connectivity index (χ3n) is 3.28. The number of hydrogen-bond donors (Lipinski definition) is 8. The number of aliphatic hydroxyl groups excluding tert-OH is 1. The summed E-state index contributed by atoms with van der Waals surface area (Å²) in [4.78, 5) is 67.9. The van der Waals surface area contributed by atoms with Crippen molar-refractivity contribution in [2.75, 3.05) is 13.2 Å². The Balaban J connectivity index is 4.78. The van der Waals surface area contributed by atoms with Gasteiger partial charge in [-0.3, -0.25) is 24.0 Å². The number of rotatable bonds is 13. The number of nitrogens with one attached hydrogen (secondary N) is 3. The van der Waals surface area contributed by atoms with E-state index in [1.54, 1.807) is 0 Å². The van der Waals surface area contributed by atoms with Crippen molar-refractivity contribution in [2.24, 2.45) is 11.5 Å². The Labute approximate surface area is 158 Å². The summed E-state index contributed by atoms with van der Waals surface area (Å²) in [5, 5.41) is 32.7. The maximum atomic E-state index is 12.0. The molecule has 0 rings (SSSR count). The molecule has 158 valence electrons. The van der Waals surface area contributed by atoms with Crippen LogP contribution < -0.4 is 27.4 Å². The Hall–Kier alpha value is -3.26. The summed E-state index contributed by atoms with van der Waals surface area (Å²) in [6.07, 6.45) is -1.38. The second-order valence-electron chi connectivity index (χ2n) is 5.63. The largest absolute Gasteiger partial charge is 0.481 e. The van der Waals surface area contributed by atoms with Crippen molar-refractivity contribution in [3.63, 3.8) is 0 Å². The highest BCUT2D eigenvalue weighted by Crippen LogP contribution is 1.98. The van der Waals surface area contributed by atoms with Gasteiger partial charge in [0.05, 0.1) is 19.6 Å². The molecule has 4 amide bonds. The van der Waals surface area contributed by atoms with E-state index in [-0.39, 0.29) is 12.8 Å². The fraction of sp³-hybridized carbons (Fsp3) is 0.571. The predicted octanol–water partition coefficient (Wildman–Crippen LogP) is -4.78. The number of aliphatic carboxylic acids is 2. The maximum absolute atomic E-state index is 12.0. The summed E-state index contributed by atoms with van der Waals surface area (Å²) in [5.41, 5.74) is 10.2. The minimum absolute atomic E-state index is 0.263. The van der Waals surface area contributed by atoms with E-state index in [4.69, 9.17) is 26.8 Å². The summed E-state index contributed by atoms with van der Waals surface area (Å²) < 4.78 is 0. The number of carbonyl (C=O) groups is 6. The molecule has 0 aliphatic heterocycles. The highest BCUT2D eigenvalue weighted by molar-refractivity contribution is 5.94. The number of nitrogens with two attached hydrogens (primary N) is 2. The molecule has 0 radical (unpaired) electrons. The number of carboxylic acid groups (broad SMARTS) is 2. The maximum Gasteiger partial charge on any atom is 0.326 e. The summed E-state index contributed by atoms with van der Waals surface area (Å²) in [6.45, 7) is -1.46. The normalized spacial score (nSPS) is 13.5. The van der Waals surface area contributed by atoms with Crippen molar-refractivity contribution in [1.29, 1.82) is 0 Å². The molecular formula is C14H23N5O9. The van der Waals surface area contributed by atoms with Crippen molar-refractivity contribution in [2.45, 2.75) is 37.4 Å². The Morgan fingerprint density at radius 2 is 1.54 bits per heavy atom. The Kier molecular flexibility index (Phi) is 10.8. The lowest BCUT2D eigenvalue weighted by atomic mass is 10.1. The van der Waals surface area contributed by atoms with Crippen LogP contribution in [-0.2, 0) is 28.8 Å². The summed E-state index contributed by atoms with van der Waals surface area (Å²) in [7, 11) is 0. The number of amides is 4. The molecule has 0 aromatic rings. The quantitative estimate of drug-likeness (QED) is 0.145. The van der Waals surface area contributed by atoms with Gasteiger partial charge in [0.2, 0.25) is 23.6 Å². The standard InChI is InChI=1S/C14H23N5O9/c15-6(5-20)12(25)19-8(3-11(23)24)13(26)17-4-10(22)18-7(14(27)28)1-2-9(16)21/h6-8,20H,1-5,15H2,(H2,16,21)(H,17,26)(H,18,22)(H,19,25)(H,23,24)(H,27,28). The minimum atomic E-state index is -1.58. The Bertz CT molecular complexity index is 624. The van der Waals surface area contributed by atoms with Crippen molar-refractivity contribution in [3.05, 3.63) is 0 Å². The minimum Gasteiger partial charge on any atom is -0.481 e. The molecule has 10 N–H and O–H groups in total. The third kappa shape index (κ3) is 10.0. The first-order valence-corrected chi connectivity index (χ1v) is 7.94. The van der Waals surface area contributed by atoms with Gasteiger partial charge in [-0.1, -0.05) is 0 Å². The van der Waals surface area contributed by atoms with Crippen LogP contribution in [0.1, 0.15) is 19.3 Å².